The normalized spacial score (nSPS) is 19.8. The van der Waals surface area contributed by atoms with Crippen molar-refractivity contribution in [1.82, 2.24) is 4.98 Å². The minimum atomic E-state index is -1.97. The van der Waals surface area contributed by atoms with Gasteiger partial charge in [-0.05, 0) is 50.3 Å². The van der Waals surface area contributed by atoms with Gasteiger partial charge in [0.2, 0.25) is 0 Å². The van der Waals surface area contributed by atoms with Gasteiger partial charge < -0.3 is 25.1 Å². The first-order valence-electron chi connectivity index (χ1n) is 8.86. The van der Waals surface area contributed by atoms with Gasteiger partial charge in [-0.2, -0.15) is 0 Å². The van der Waals surface area contributed by atoms with Crippen LogP contribution in [0, 0.1) is 5.92 Å². The summed E-state index contributed by atoms with van der Waals surface area (Å²) in [7, 11) is 0. The largest absolute Gasteiger partial charge is 0.478 e. The average Bonchev–Trinajstić information content (AvgIpc) is 3.16. The molecule has 1 aliphatic carbocycles. The van der Waals surface area contributed by atoms with Crippen molar-refractivity contribution >= 4 is 11.9 Å². The Morgan fingerprint density at radius 1 is 1.22 bits per heavy atom. The number of nitrogens with zero attached hydrogens (tertiary/aromatic N) is 1. The molecule has 0 unspecified atom stereocenters. The van der Waals surface area contributed by atoms with Crippen LogP contribution in [0.15, 0.2) is 34.9 Å². The van der Waals surface area contributed by atoms with Gasteiger partial charge in [0, 0.05) is 11.5 Å². The highest BCUT2D eigenvalue weighted by atomic mass is 16.5. The fourth-order valence-corrected chi connectivity index (χ4v) is 3.32. The van der Waals surface area contributed by atoms with Gasteiger partial charge in [0.05, 0.1) is 0 Å². The Bertz CT molecular complexity index is 796. The number of hydrogen-bond acceptors (Lipinski definition) is 6. The number of carboxylic acids is 2. The van der Waals surface area contributed by atoms with E-state index in [9.17, 15) is 9.59 Å². The second kappa shape index (κ2) is 8.22. The summed E-state index contributed by atoms with van der Waals surface area (Å²) in [4.78, 5) is 26.5. The summed E-state index contributed by atoms with van der Waals surface area (Å²) >= 11 is 0. The fraction of sp³-hybridized carbons (Fsp3) is 0.421. The number of aromatic nitrogens is 1. The predicted molar refractivity (Wildman–Crippen MR) is 95.4 cm³/mol. The third kappa shape index (κ3) is 4.46. The number of ether oxygens (including phenoxy) is 1. The molecule has 0 radical (unpaired) electrons. The van der Waals surface area contributed by atoms with Gasteiger partial charge in [-0.15, -0.1) is 0 Å². The van der Waals surface area contributed by atoms with Gasteiger partial charge in [-0.3, -0.25) is 0 Å². The summed E-state index contributed by atoms with van der Waals surface area (Å²) < 4.78 is 10.7. The maximum absolute atomic E-state index is 11.0. The molecule has 0 spiro atoms. The van der Waals surface area contributed by atoms with Gasteiger partial charge in [-0.25, -0.2) is 14.6 Å². The number of carbonyl (C=O) groups is 2. The molecule has 0 aliphatic heterocycles. The van der Waals surface area contributed by atoms with E-state index in [1.165, 1.54) is 6.07 Å². The van der Waals surface area contributed by atoms with E-state index in [1.807, 2.05) is 0 Å². The zero-order valence-electron chi connectivity index (χ0n) is 14.7. The smallest absolute Gasteiger partial charge is 0.356 e. The first-order valence-corrected chi connectivity index (χ1v) is 8.86. The number of rotatable bonds is 7. The summed E-state index contributed by atoms with van der Waals surface area (Å²) in [5, 5.41) is 17.9. The van der Waals surface area contributed by atoms with Crippen molar-refractivity contribution < 1.29 is 29.0 Å². The molecule has 3 rings (SSSR count). The Balaban J connectivity index is 1.73. The molecule has 4 N–H and O–H groups in total. The number of aliphatic carboxylic acids is 2. The topological polar surface area (TPSA) is 136 Å². The van der Waals surface area contributed by atoms with E-state index < -0.39 is 18.0 Å². The molecule has 1 aromatic carbocycles. The molecule has 144 valence electrons. The molecule has 1 saturated carbocycles. The molecule has 1 aliphatic rings. The molecule has 1 aromatic heterocycles. The SMILES string of the molecule is NCC1CCC(c2nc(-c3cccc(OC(C(=O)O)C(=O)O)c3)co2)CC1. The molecule has 0 amide bonds. The lowest BCUT2D eigenvalue weighted by atomic mass is 9.82. The molecule has 8 nitrogen and oxygen atoms in total. The summed E-state index contributed by atoms with van der Waals surface area (Å²) in [5.74, 6) is -1.48. The molecule has 27 heavy (non-hydrogen) atoms. The van der Waals surface area contributed by atoms with Crippen LogP contribution in [0.25, 0.3) is 11.3 Å². The van der Waals surface area contributed by atoms with Crippen LogP contribution < -0.4 is 10.5 Å². The van der Waals surface area contributed by atoms with Gasteiger partial charge in [0.1, 0.15) is 17.7 Å². The molecule has 2 aromatic rings. The average molecular weight is 374 g/mol. The Kier molecular flexibility index (Phi) is 5.75. The minimum absolute atomic E-state index is 0.135. The zero-order chi connectivity index (χ0) is 19.4. The van der Waals surface area contributed by atoms with Gasteiger partial charge in [-0.1, -0.05) is 12.1 Å². The van der Waals surface area contributed by atoms with E-state index in [0.717, 1.165) is 25.7 Å². The maximum atomic E-state index is 11.0. The fourth-order valence-electron chi connectivity index (χ4n) is 3.32. The zero-order valence-corrected chi connectivity index (χ0v) is 14.7. The number of carboxylic acid groups (broad SMARTS) is 2. The van der Waals surface area contributed by atoms with Crippen molar-refractivity contribution in [3.8, 4) is 17.0 Å². The van der Waals surface area contributed by atoms with Crippen molar-refractivity contribution in [2.75, 3.05) is 6.54 Å². The van der Waals surface area contributed by atoms with Crippen molar-refractivity contribution in [2.45, 2.75) is 37.7 Å². The highest BCUT2D eigenvalue weighted by Gasteiger charge is 2.28. The maximum Gasteiger partial charge on any atom is 0.356 e. The summed E-state index contributed by atoms with van der Waals surface area (Å²) in [5.41, 5.74) is 6.98. The lowest BCUT2D eigenvalue weighted by Gasteiger charge is -2.25. The second-order valence-corrected chi connectivity index (χ2v) is 6.73. The Hall–Kier alpha value is -2.87. The predicted octanol–water partition coefficient (Wildman–Crippen LogP) is 2.49. The first kappa shape index (κ1) is 18.9. The van der Waals surface area contributed by atoms with Crippen LogP contribution in [-0.2, 0) is 9.59 Å². The van der Waals surface area contributed by atoms with Crippen molar-refractivity contribution in [2.24, 2.45) is 11.7 Å². The van der Waals surface area contributed by atoms with Crippen LogP contribution in [-0.4, -0.2) is 39.8 Å². The summed E-state index contributed by atoms with van der Waals surface area (Å²) in [6, 6.07) is 6.46. The van der Waals surface area contributed by atoms with Crippen molar-refractivity contribution in [3.63, 3.8) is 0 Å². The Morgan fingerprint density at radius 2 is 1.93 bits per heavy atom. The molecule has 1 fully saturated rings. The minimum Gasteiger partial charge on any atom is -0.478 e. The monoisotopic (exact) mass is 374 g/mol. The number of benzene rings is 1. The van der Waals surface area contributed by atoms with Crippen LogP contribution in [0.4, 0.5) is 0 Å². The number of nitrogens with two attached hydrogens (primary N) is 1. The highest BCUT2D eigenvalue weighted by Crippen LogP contribution is 2.36. The van der Waals surface area contributed by atoms with Crippen LogP contribution >= 0.6 is 0 Å². The van der Waals surface area contributed by atoms with Crippen LogP contribution in [0.2, 0.25) is 0 Å². The number of oxazole rings is 1. The van der Waals surface area contributed by atoms with E-state index in [0.29, 0.717) is 29.6 Å². The van der Waals surface area contributed by atoms with E-state index in [1.54, 1.807) is 24.5 Å². The van der Waals surface area contributed by atoms with E-state index in [4.69, 9.17) is 25.1 Å². The molecule has 0 saturated heterocycles. The summed E-state index contributed by atoms with van der Waals surface area (Å²) in [6.45, 7) is 0.712. The van der Waals surface area contributed by atoms with Crippen molar-refractivity contribution in [1.29, 1.82) is 0 Å². The third-order valence-electron chi connectivity index (χ3n) is 4.88. The third-order valence-corrected chi connectivity index (χ3v) is 4.88. The Labute approximate surface area is 156 Å². The molecular weight excluding hydrogens is 352 g/mol. The standard InChI is InChI=1S/C19H22N2O6/c20-9-11-4-6-12(7-5-11)17-21-15(10-26-17)13-2-1-3-14(8-13)27-16(18(22)23)19(24)25/h1-3,8,10-12,16H,4-7,9,20H2,(H,22,23)(H,24,25). The van der Waals surface area contributed by atoms with Gasteiger partial charge >= 0.3 is 11.9 Å². The van der Waals surface area contributed by atoms with Crippen LogP contribution in [0.5, 0.6) is 5.75 Å². The first-order chi connectivity index (χ1) is 13.0. The lowest BCUT2D eigenvalue weighted by Crippen LogP contribution is -2.35. The number of hydrogen-bond donors (Lipinski definition) is 3. The molecule has 8 heteroatoms. The van der Waals surface area contributed by atoms with Gasteiger partial charge in [0.25, 0.3) is 6.10 Å². The summed E-state index contributed by atoms with van der Waals surface area (Å²) in [6.07, 6.45) is 3.69. The highest BCUT2D eigenvalue weighted by molar-refractivity contribution is 5.96. The van der Waals surface area contributed by atoms with Crippen molar-refractivity contribution in [3.05, 3.63) is 36.4 Å². The molecule has 0 bridgehead atoms. The van der Waals surface area contributed by atoms with Crippen LogP contribution in [0.1, 0.15) is 37.5 Å². The van der Waals surface area contributed by atoms with E-state index >= 15 is 0 Å². The molecule has 0 atom stereocenters. The second-order valence-electron chi connectivity index (χ2n) is 6.73. The lowest BCUT2D eigenvalue weighted by molar-refractivity contribution is -0.159. The van der Waals surface area contributed by atoms with Crippen LogP contribution in [0.3, 0.4) is 0 Å². The Morgan fingerprint density at radius 3 is 2.56 bits per heavy atom. The molecular formula is C19H22N2O6. The molecule has 1 heterocycles. The quantitative estimate of drug-likeness (QED) is 0.629. The van der Waals surface area contributed by atoms with Gasteiger partial charge in [0.15, 0.2) is 5.89 Å². The van der Waals surface area contributed by atoms with E-state index in [-0.39, 0.29) is 11.7 Å². The van der Waals surface area contributed by atoms with E-state index in [2.05, 4.69) is 4.98 Å².